The fourth-order valence-electron chi connectivity index (χ4n) is 3.13. The molecule has 4 nitrogen and oxygen atoms in total. The van der Waals surface area contributed by atoms with Gasteiger partial charge in [-0.25, -0.2) is 9.97 Å². The Hall–Kier alpha value is -2.66. The summed E-state index contributed by atoms with van der Waals surface area (Å²) in [7, 11) is 0. The fraction of sp³-hybridized carbons (Fsp3) is 0.190. The Bertz CT molecular complexity index is 950. The summed E-state index contributed by atoms with van der Waals surface area (Å²) >= 11 is 1.49. The molecule has 1 amide bonds. The largest absolute Gasteiger partial charge is 0.338 e. The number of fused-ring (bicyclic) bond motifs is 1. The number of hydrogen-bond donors (Lipinski definition) is 0. The highest BCUT2D eigenvalue weighted by molar-refractivity contribution is 8.00. The highest BCUT2D eigenvalue weighted by Crippen LogP contribution is 2.26. The van der Waals surface area contributed by atoms with Gasteiger partial charge in [0.05, 0.1) is 11.3 Å². The fourth-order valence-corrected chi connectivity index (χ4v) is 4.02. The third-order valence-corrected chi connectivity index (χ3v) is 5.54. The Balaban J connectivity index is 1.39. The van der Waals surface area contributed by atoms with E-state index in [1.165, 1.54) is 22.9 Å². The number of para-hydroxylation sites is 1. The van der Waals surface area contributed by atoms with E-state index in [0.29, 0.717) is 12.3 Å². The molecule has 0 aliphatic carbocycles. The van der Waals surface area contributed by atoms with E-state index in [1.54, 1.807) is 6.33 Å². The molecule has 0 saturated heterocycles. The van der Waals surface area contributed by atoms with Gasteiger partial charge in [-0.1, -0.05) is 66.4 Å². The Labute approximate surface area is 157 Å². The number of aromatic nitrogens is 2. The average molecular weight is 361 g/mol. The Morgan fingerprint density at radius 3 is 2.65 bits per heavy atom. The molecule has 26 heavy (non-hydrogen) atoms. The van der Waals surface area contributed by atoms with Crippen molar-refractivity contribution in [3.05, 3.63) is 72.6 Å². The summed E-state index contributed by atoms with van der Waals surface area (Å²) in [6.07, 6.45) is 4.63. The molecule has 1 aromatic heterocycles. The maximum atomic E-state index is 12.6. The summed E-state index contributed by atoms with van der Waals surface area (Å²) < 4.78 is 0. The summed E-state index contributed by atoms with van der Waals surface area (Å²) in [5.74, 6) is 0.552. The zero-order valence-electron chi connectivity index (χ0n) is 14.3. The number of nitrogens with zero attached hydrogens (tertiary/aromatic N) is 3. The number of carbonyl (C=O) groups excluding carboxylic acids is 1. The lowest BCUT2D eigenvalue weighted by Gasteiger charge is -2.26. The van der Waals surface area contributed by atoms with Crippen LogP contribution in [0.4, 0.5) is 0 Å². The number of thioether (sulfide) groups is 1. The van der Waals surface area contributed by atoms with Gasteiger partial charge in [0.15, 0.2) is 0 Å². The topological polar surface area (TPSA) is 46.1 Å². The maximum Gasteiger partial charge on any atom is 0.233 e. The van der Waals surface area contributed by atoms with Crippen molar-refractivity contribution < 1.29 is 4.79 Å². The molecule has 0 radical (unpaired) electrons. The number of rotatable bonds is 4. The van der Waals surface area contributed by atoms with E-state index < -0.39 is 0 Å². The van der Waals surface area contributed by atoms with E-state index >= 15 is 0 Å². The van der Waals surface area contributed by atoms with Crippen molar-refractivity contribution in [3.63, 3.8) is 0 Å². The van der Waals surface area contributed by atoms with Gasteiger partial charge < -0.3 is 4.90 Å². The summed E-state index contributed by atoms with van der Waals surface area (Å²) in [6.45, 7) is 1.44. The van der Waals surface area contributed by atoms with Gasteiger partial charge in [0.25, 0.3) is 0 Å². The van der Waals surface area contributed by atoms with E-state index in [-0.39, 0.29) is 5.91 Å². The van der Waals surface area contributed by atoms with Gasteiger partial charge in [0.2, 0.25) is 5.91 Å². The van der Waals surface area contributed by atoms with Crippen LogP contribution >= 0.6 is 11.8 Å². The molecule has 3 aromatic rings. The monoisotopic (exact) mass is 361 g/mol. The molecule has 1 aliphatic heterocycles. The van der Waals surface area contributed by atoms with Gasteiger partial charge in [-0.3, -0.25) is 4.79 Å². The molecule has 1 aliphatic rings. The normalized spacial score (nSPS) is 14.3. The molecule has 130 valence electrons. The molecular weight excluding hydrogens is 342 g/mol. The zero-order valence-corrected chi connectivity index (χ0v) is 15.2. The van der Waals surface area contributed by atoms with Gasteiger partial charge >= 0.3 is 0 Å². The Morgan fingerprint density at radius 2 is 1.85 bits per heavy atom. The van der Waals surface area contributed by atoms with Crippen LogP contribution < -0.4 is 0 Å². The van der Waals surface area contributed by atoms with Crippen LogP contribution in [0, 0.1) is 0 Å². The van der Waals surface area contributed by atoms with Crippen LogP contribution in [0.2, 0.25) is 0 Å². The quantitative estimate of drug-likeness (QED) is 0.520. The van der Waals surface area contributed by atoms with Crippen LogP contribution in [0.15, 0.2) is 72.0 Å². The minimum Gasteiger partial charge on any atom is -0.338 e. The van der Waals surface area contributed by atoms with E-state index in [9.17, 15) is 4.79 Å². The molecule has 0 N–H and O–H groups in total. The third kappa shape index (κ3) is 3.63. The van der Waals surface area contributed by atoms with Crippen molar-refractivity contribution in [1.82, 2.24) is 14.9 Å². The van der Waals surface area contributed by atoms with Gasteiger partial charge in [0, 0.05) is 18.5 Å². The second-order valence-corrected chi connectivity index (χ2v) is 7.13. The van der Waals surface area contributed by atoms with Crippen LogP contribution in [0.25, 0.3) is 16.5 Å². The van der Waals surface area contributed by atoms with Crippen LogP contribution in [0.1, 0.15) is 12.0 Å². The molecule has 4 rings (SSSR count). The predicted octanol–water partition coefficient (Wildman–Crippen LogP) is 4.04. The lowest BCUT2D eigenvalue weighted by Crippen LogP contribution is -2.35. The first-order chi connectivity index (χ1) is 12.8. The average Bonchev–Trinajstić information content (AvgIpc) is 2.73. The van der Waals surface area contributed by atoms with Gasteiger partial charge in [-0.05, 0) is 23.6 Å². The van der Waals surface area contributed by atoms with Crippen molar-refractivity contribution in [1.29, 1.82) is 0 Å². The smallest absolute Gasteiger partial charge is 0.233 e. The molecule has 0 atom stereocenters. The van der Waals surface area contributed by atoms with Crippen molar-refractivity contribution in [3.8, 4) is 0 Å². The second-order valence-electron chi connectivity index (χ2n) is 6.17. The summed E-state index contributed by atoms with van der Waals surface area (Å²) in [5, 5.41) is 1.86. The molecule has 0 unspecified atom stereocenters. The Morgan fingerprint density at radius 1 is 1.04 bits per heavy atom. The number of hydrogen-bond acceptors (Lipinski definition) is 4. The van der Waals surface area contributed by atoms with Gasteiger partial charge in [-0.15, -0.1) is 0 Å². The second kappa shape index (κ2) is 7.70. The van der Waals surface area contributed by atoms with E-state index in [4.69, 9.17) is 0 Å². The van der Waals surface area contributed by atoms with Crippen LogP contribution in [-0.2, 0) is 4.79 Å². The SMILES string of the molecule is O=C(CSc1ncnc2ccccc12)N1CC=C(c2ccccc2)CC1. The number of amides is 1. The highest BCUT2D eigenvalue weighted by Gasteiger charge is 2.18. The number of benzene rings is 2. The van der Waals surface area contributed by atoms with Crippen LogP contribution in [0.5, 0.6) is 0 Å². The van der Waals surface area contributed by atoms with Crippen LogP contribution in [0.3, 0.4) is 0 Å². The first kappa shape index (κ1) is 16.8. The van der Waals surface area contributed by atoms with Gasteiger partial charge in [-0.2, -0.15) is 0 Å². The molecule has 0 spiro atoms. The minimum atomic E-state index is 0.154. The van der Waals surface area contributed by atoms with Gasteiger partial charge in [0.1, 0.15) is 11.4 Å². The molecule has 0 fully saturated rings. The zero-order chi connectivity index (χ0) is 17.8. The van der Waals surface area contributed by atoms with Crippen molar-refractivity contribution >= 4 is 34.1 Å². The first-order valence-electron chi connectivity index (χ1n) is 8.66. The first-order valence-corrected chi connectivity index (χ1v) is 9.64. The third-order valence-electron chi connectivity index (χ3n) is 4.55. The highest BCUT2D eigenvalue weighted by atomic mass is 32.2. The maximum absolute atomic E-state index is 12.6. The molecule has 2 heterocycles. The minimum absolute atomic E-state index is 0.154. The molecule has 5 heteroatoms. The van der Waals surface area contributed by atoms with Crippen molar-refractivity contribution in [2.75, 3.05) is 18.8 Å². The molecular formula is C21H19N3OS. The number of carbonyl (C=O) groups is 1. The Kier molecular flexibility index (Phi) is 4.97. The summed E-state index contributed by atoms with van der Waals surface area (Å²) in [5.41, 5.74) is 3.48. The van der Waals surface area contributed by atoms with E-state index in [0.717, 1.165) is 28.9 Å². The summed E-state index contributed by atoms with van der Waals surface area (Å²) in [4.78, 5) is 23.1. The van der Waals surface area contributed by atoms with E-state index in [2.05, 4.69) is 40.3 Å². The lowest BCUT2D eigenvalue weighted by atomic mass is 10.00. The lowest BCUT2D eigenvalue weighted by molar-refractivity contribution is -0.127. The summed E-state index contributed by atoms with van der Waals surface area (Å²) in [6, 6.07) is 18.3. The standard InChI is InChI=1S/C21H19N3OS/c25-20(14-26-21-18-8-4-5-9-19(18)22-15-23-21)24-12-10-17(11-13-24)16-6-2-1-3-7-16/h1-10,15H,11-14H2. The van der Waals surface area contributed by atoms with E-state index in [1.807, 2.05) is 35.2 Å². The predicted molar refractivity (Wildman–Crippen MR) is 106 cm³/mol. The van der Waals surface area contributed by atoms with Crippen LogP contribution in [-0.4, -0.2) is 39.6 Å². The van der Waals surface area contributed by atoms with Crippen molar-refractivity contribution in [2.45, 2.75) is 11.4 Å². The molecule has 2 aromatic carbocycles. The van der Waals surface area contributed by atoms with Crippen molar-refractivity contribution in [2.24, 2.45) is 0 Å². The molecule has 0 saturated carbocycles. The molecule has 0 bridgehead atoms.